The Morgan fingerprint density at radius 3 is 2.73 bits per heavy atom. The van der Waals surface area contributed by atoms with Gasteiger partial charge in [-0.15, -0.1) is 0 Å². The standard InChI is InChI=1S/C21H18FN3O/c1-14-18(22)12-17-19(26)13-20(24-15-8-4-2-5-9-15)25(21(17)23-14)16-10-6-3-7-11-16/h2-8,10-13,15,24H,9H2,1H3. The van der Waals surface area contributed by atoms with E-state index in [9.17, 15) is 9.18 Å². The minimum absolute atomic E-state index is 0.0772. The summed E-state index contributed by atoms with van der Waals surface area (Å²) in [4.78, 5) is 17.0. The van der Waals surface area contributed by atoms with Crippen LogP contribution in [-0.2, 0) is 0 Å². The van der Waals surface area contributed by atoms with Gasteiger partial charge in [-0.3, -0.25) is 9.36 Å². The summed E-state index contributed by atoms with van der Waals surface area (Å²) in [5.41, 5.74) is 1.31. The van der Waals surface area contributed by atoms with E-state index in [1.54, 1.807) is 6.92 Å². The van der Waals surface area contributed by atoms with E-state index in [0.29, 0.717) is 11.5 Å². The summed E-state index contributed by atoms with van der Waals surface area (Å²) < 4.78 is 15.9. The van der Waals surface area contributed by atoms with Crippen LogP contribution in [0.3, 0.4) is 0 Å². The number of halogens is 1. The maximum absolute atomic E-state index is 14.0. The first-order valence-corrected chi connectivity index (χ1v) is 8.52. The molecule has 1 aliphatic carbocycles. The second kappa shape index (κ2) is 6.59. The van der Waals surface area contributed by atoms with Gasteiger partial charge in [-0.2, -0.15) is 0 Å². The van der Waals surface area contributed by atoms with Crippen LogP contribution >= 0.6 is 0 Å². The van der Waals surface area contributed by atoms with Crippen molar-refractivity contribution in [3.63, 3.8) is 0 Å². The normalized spacial score (nSPS) is 16.2. The van der Waals surface area contributed by atoms with Crippen LogP contribution < -0.4 is 10.7 Å². The first-order valence-electron chi connectivity index (χ1n) is 8.52. The zero-order valence-electron chi connectivity index (χ0n) is 14.3. The topological polar surface area (TPSA) is 46.9 Å². The van der Waals surface area contributed by atoms with Crippen LogP contribution in [0, 0.1) is 12.7 Å². The molecule has 130 valence electrons. The summed E-state index contributed by atoms with van der Waals surface area (Å²) in [5, 5.41) is 3.67. The molecule has 1 unspecified atom stereocenters. The predicted molar refractivity (Wildman–Crippen MR) is 102 cm³/mol. The van der Waals surface area contributed by atoms with E-state index >= 15 is 0 Å². The van der Waals surface area contributed by atoms with Crippen LogP contribution in [-0.4, -0.2) is 15.6 Å². The molecule has 2 heterocycles. The molecule has 4 rings (SSSR count). The van der Waals surface area contributed by atoms with Gasteiger partial charge in [0.1, 0.15) is 17.3 Å². The van der Waals surface area contributed by atoms with Gasteiger partial charge >= 0.3 is 0 Å². The van der Waals surface area contributed by atoms with Crippen molar-refractivity contribution >= 4 is 16.9 Å². The van der Waals surface area contributed by atoms with E-state index in [1.807, 2.05) is 53.1 Å². The minimum atomic E-state index is -0.477. The van der Waals surface area contributed by atoms with Crippen LogP contribution in [0.5, 0.6) is 0 Å². The summed E-state index contributed by atoms with van der Waals surface area (Å²) in [5.74, 6) is 0.160. The average Bonchev–Trinajstić information content (AvgIpc) is 2.65. The Kier molecular flexibility index (Phi) is 4.13. The van der Waals surface area contributed by atoms with Gasteiger partial charge in [0.25, 0.3) is 0 Å². The van der Waals surface area contributed by atoms with Gasteiger partial charge in [0.2, 0.25) is 0 Å². The first kappa shape index (κ1) is 16.3. The van der Waals surface area contributed by atoms with Crippen molar-refractivity contribution in [3.05, 3.63) is 88.5 Å². The largest absolute Gasteiger partial charge is 0.364 e. The molecule has 1 atom stereocenters. The highest BCUT2D eigenvalue weighted by atomic mass is 19.1. The maximum Gasteiger partial charge on any atom is 0.193 e. The maximum atomic E-state index is 14.0. The van der Waals surface area contributed by atoms with Crippen LogP contribution in [0.15, 0.2) is 71.6 Å². The average molecular weight is 347 g/mol. The Balaban J connectivity index is 1.98. The number of aryl methyl sites for hydroxylation is 1. The summed E-state index contributed by atoms with van der Waals surface area (Å²) >= 11 is 0. The number of nitrogens with zero attached hydrogens (tertiary/aromatic N) is 2. The molecule has 0 radical (unpaired) electrons. The molecule has 3 aromatic rings. The lowest BCUT2D eigenvalue weighted by Gasteiger charge is -2.22. The number of hydrogen-bond acceptors (Lipinski definition) is 3. The number of pyridine rings is 2. The highest BCUT2D eigenvalue weighted by Gasteiger charge is 2.16. The van der Waals surface area contributed by atoms with Crippen molar-refractivity contribution in [1.82, 2.24) is 9.55 Å². The Morgan fingerprint density at radius 2 is 2.00 bits per heavy atom. The summed E-state index contributed by atoms with van der Waals surface area (Å²) in [6, 6.07) is 12.5. The van der Waals surface area contributed by atoms with Gasteiger partial charge in [0.05, 0.1) is 11.1 Å². The zero-order chi connectivity index (χ0) is 18.1. The highest BCUT2D eigenvalue weighted by Crippen LogP contribution is 2.24. The molecule has 1 aliphatic rings. The molecule has 0 spiro atoms. The Hall–Kier alpha value is -3.21. The van der Waals surface area contributed by atoms with Gasteiger partial charge in [0, 0.05) is 17.8 Å². The summed E-state index contributed by atoms with van der Waals surface area (Å²) in [6.45, 7) is 1.60. The quantitative estimate of drug-likeness (QED) is 0.775. The fourth-order valence-electron chi connectivity index (χ4n) is 3.12. The number of allylic oxidation sites excluding steroid dienone is 2. The van der Waals surface area contributed by atoms with Gasteiger partial charge < -0.3 is 5.32 Å². The van der Waals surface area contributed by atoms with Gasteiger partial charge in [0.15, 0.2) is 5.43 Å². The summed E-state index contributed by atoms with van der Waals surface area (Å²) in [7, 11) is 0. The molecule has 2 aromatic heterocycles. The number of fused-ring (bicyclic) bond motifs is 1. The number of aromatic nitrogens is 2. The van der Waals surface area contributed by atoms with E-state index in [-0.39, 0.29) is 22.6 Å². The Labute approximate surface area is 150 Å². The van der Waals surface area contributed by atoms with Crippen LogP contribution in [0.1, 0.15) is 12.1 Å². The first-order chi connectivity index (χ1) is 12.6. The van der Waals surface area contributed by atoms with Crippen molar-refractivity contribution < 1.29 is 4.39 Å². The third-order valence-corrected chi connectivity index (χ3v) is 4.45. The molecule has 0 amide bonds. The Morgan fingerprint density at radius 1 is 1.19 bits per heavy atom. The second-order valence-electron chi connectivity index (χ2n) is 6.29. The van der Waals surface area contributed by atoms with Gasteiger partial charge in [-0.05, 0) is 31.5 Å². The van der Waals surface area contributed by atoms with Crippen molar-refractivity contribution in [2.75, 3.05) is 5.32 Å². The lowest BCUT2D eigenvalue weighted by atomic mass is 10.1. The highest BCUT2D eigenvalue weighted by molar-refractivity contribution is 5.80. The number of para-hydroxylation sites is 1. The second-order valence-corrected chi connectivity index (χ2v) is 6.29. The lowest BCUT2D eigenvalue weighted by Crippen LogP contribution is -2.23. The molecule has 0 saturated carbocycles. The smallest absolute Gasteiger partial charge is 0.193 e. The van der Waals surface area contributed by atoms with Crippen molar-refractivity contribution in [2.45, 2.75) is 19.4 Å². The molecule has 0 aliphatic heterocycles. The molecular weight excluding hydrogens is 329 g/mol. The fourth-order valence-corrected chi connectivity index (χ4v) is 3.12. The molecule has 5 heteroatoms. The molecule has 1 aromatic carbocycles. The third-order valence-electron chi connectivity index (χ3n) is 4.45. The predicted octanol–water partition coefficient (Wildman–Crippen LogP) is 4.13. The molecule has 1 N–H and O–H groups in total. The number of rotatable bonds is 3. The minimum Gasteiger partial charge on any atom is -0.364 e. The van der Waals surface area contributed by atoms with Gasteiger partial charge in [-0.25, -0.2) is 9.37 Å². The monoisotopic (exact) mass is 347 g/mol. The number of hydrogen-bond donors (Lipinski definition) is 1. The van der Waals surface area contributed by atoms with E-state index in [0.717, 1.165) is 12.1 Å². The fraction of sp³-hybridized carbons (Fsp3) is 0.143. The van der Waals surface area contributed by atoms with Crippen molar-refractivity contribution in [1.29, 1.82) is 0 Å². The van der Waals surface area contributed by atoms with Crippen LogP contribution in [0.4, 0.5) is 10.2 Å². The van der Waals surface area contributed by atoms with E-state index in [1.165, 1.54) is 12.1 Å². The van der Waals surface area contributed by atoms with Crippen molar-refractivity contribution in [3.8, 4) is 5.69 Å². The molecule has 4 nitrogen and oxygen atoms in total. The van der Waals surface area contributed by atoms with Crippen molar-refractivity contribution in [2.24, 2.45) is 0 Å². The third kappa shape index (κ3) is 2.92. The van der Waals surface area contributed by atoms with E-state index in [4.69, 9.17) is 0 Å². The number of anilines is 1. The molecular formula is C21H18FN3O. The SMILES string of the molecule is Cc1nc2c(cc1F)c(=O)cc(NC1C=CC=CC1)n2-c1ccccc1. The van der Waals surface area contributed by atoms with E-state index in [2.05, 4.69) is 16.4 Å². The van der Waals surface area contributed by atoms with Crippen LogP contribution in [0.2, 0.25) is 0 Å². The molecule has 0 saturated heterocycles. The zero-order valence-corrected chi connectivity index (χ0v) is 14.3. The molecule has 26 heavy (non-hydrogen) atoms. The number of nitrogens with one attached hydrogen (secondary N) is 1. The van der Waals surface area contributed by atoms with E-state index < -0.39 is 5.82 Å². The van der Waals surface area contributed by atoms with Crippen LogP contribution in [0.25, 0.3) is 16.7 Å². The van der Waals surface area contributed by atoms with Gasteiger partial charge in [-0.1, -0.05) is 42.5 Å². The molecule has 0 fully saturated rings. The molecule has 0 bridgehead atoms. The lowest BCUT2D eigenvalue weighted by molar-refractivity contribution is 0.612. The Bertz CT molecular complexity index is 1080. The number of benzene rings is 1. The summed E-state index contributed by atoms with van der Waals surface area (Å²) in [6.07, 6.45) is 8.92.